The summed E-state index contributed by atoms with van der Waals surface area (Å²) < 4.78 is 5.42. The van der Waals surface area contributed by atoms with E-state index in [1.165, 1.54) is 0 Å². The van der Waals surface area contributed by atoms with Crippen LogP contribution >= 0.6 is 0 Å². The Bertz CT molecular complexity index is 975. The lowest BCUT2D eigenvalue weighted by atomic mass is 10.1. The number of piperazine rings is 1. The van der Waals surface area contributed by atoms with E-state index in [0.29, 0.717) is 44.8 Å². The number of hydrogen-bond donors (Lipinski definition) is 0. The van der Waals surface area contributed by atoms with E-state index >= 15 is 0 Å². The summed E-state index contributed by atoms with van der Waals surface area (Å²) in [7, 11) is 0. The van der Waals surface area contributed by atoms with Crippen molar-refractivity contribution in [3.63, 3.8) is 0 Å². The van der Waals surface area contributed by atoms with Crippen molar-refractivity contribution >= 4 is 17.9 Å². The monoisotopic (exact) mass is 465 g/mol. The Labute approximate surface area is 202 Å². The molecule has 0 saturated carbocycles. The van der Waals surface area contributed by atoms with Crippen molar-refractivity contribution in [2.45, 2.75) is 46.3 Å². The van der Waals surface area contributed by atoms with Crippen molar-refractivity contribution in [3.05, 3.63) is 71.3 Å². The van der Waals surface area contributed by atoms with Crippen molar-refractivity contribution < 1.29 is 19.1 Å². The van der Waals surface area contributed by atoms with Crippen LogP contribution in [0.3, 0.4) is 0 Å². The largest absolute Gasteiger partial charge is 0.444 e. The number of benzene rings is 2. The standard InChI is InChI=1S/C27H35N3O4/c1-21(31)30(20-23-8-6-5-7-9-23)15-14-22-10-12-24(13-11-22)25(32)28-16-18-29(19-17-28)26(33)34-27(2,3)4/h5-13H,14-20H2,1-4H3. The predicted octanol–water partition coefficient (Wildman–Crippen LogP) is 3.97. The molecule has 0 aromatic heterocycles. The van der Waals surface area contributed by atoms with E-state index in [4.69, 9.17) is 4.74 Å². The van der Waals surface area contributed by atoms with Crippen LogP contribution in [-0.2, 0) is 22.5 Å². The fourth-order valence-corrected chi connectivity index (χ4v) is 3.83. The van der Waals surface area contributed by atoms with Crippen molar-refractivity contribution in [3.8, 4) is 0 Å². The SMILES string of the molecule is CC(=O)N(CCc1ccc(C(=O)N2CCN(C(=O)OC(C)(C)C)CC2)cc1)Cc1ccccc1. The van der Waals surface area contributed by atoms with Crippen LogP contribution in [-0.4, -0.2) is 70.9 Å². The third-order valence-electron chi connectivity index (χ3n) is 5.75. The molecule has 7 nitrogen and oxygen atoms in total. The third-order valence-corrected chi connectivity index (χ3v) is 5.75. The first-order chi connectivity index (χ1) is 16.1. The van der Waals surface area contributed by atoms with Gasteiger partial charge in [0.25, 0.3) is 5.91 Å². The second-order valence-corrected chi connectivity index (χ2v) is 9.63. The molecule has 0 aliphatic carbocycles. The number of amides is 3. The van der Waals surface area contributed by atoms with E-state index in [0.717, 1.165) is 17.5 Å². The van der Waals surface area contributed by atoms with Gasteiger partial charge in [-0.2, -0.15) is 0 Å². The molecule has 0 atom stereocenters. The summed E-state index contributed by atoms with van der Waals surface area (Å²) in [5, 5.41) is 0. The highest BCUT2D eigenvalue weighted by Crippen LogP contribution is 2.15. The van der Waals surface area contributed by atoms with Gasteiger partial charge in [0, 0.05) is 51.8 Å². The summed E-state index contributed by atoms with van der Waals surface area (Å²) in [6.07, 6.45) is 0.381. The molecular weight excluding hydrogens is 430 g/mol. The molecule has 0 N–H and O–H groups in total. The first-order valence-electron chi connectivity index (χ1n) is 11.8. The van der Waals surface area contributed by atoms with Gasteiger partial charge in [0.05, 0.1) is 0 Å². The smallest absolute Gasteiger partial charge is 0.410 e. The van der Waals surface area contributed by atoms with Gasteiger partial charge < -0.3 is 19.4 Å². The van der Waals surface area contributed by atoms with Gasteiger partial charge in [-0.05, 0) is 50.5 Å². The molecule has 0 spiro atoms. The molecule has 1 heterocycles. The van der Waals surface area contributed by atoms with E-state index in [9.17, 15) is 14.4 Å². The number of carbonyl (C=O) groups excluding carboxylic acids is 3. The summed E-state index contributed by atoms with van der Waals surface area (Å²) in [6.45, 7) is 10.2. The summed E-state index contributed by atoms with van der Waals surface area (Å²) in [5.41, 5.74) is 2.27. The maximum absolute atomic E-state index is 12.9. The van der Waals surface area contributed by atoms with Gasteiger partial charge in [-0.1, -0.05) is 42.5 Å². The lowest BCUT2D eigenvalue weighted by molar-refractivity contribution is -0.129. The molecule has 7 heteroatoms. The minimum Gasteiger partial charge on any atom is -0.444 e. The Morgan fingerprint density at radius 2 is 1.44 bits per heavy atom. The number of nitrogens with zero attached hydrogens (tertiary/aromatic N) is 3. The van der Waals surface area contributed by atoms with E-state index in [2.05, 4.69) is 0 Å². The highest BCUT2D eigenvalue weighted by Gasteiger charge is 2.28. The van der Waals surface area contributed by atoms with Gasteiger partial charge in [0.15, 0.2) is 0 Å². The van der Waals surface area contributed by atoms with Crippen molar-refractivity contribution in [2.75, 3.05) is 32.7 Å². The zero-order valence-corrected chi connectivity index (χ0v) is 20.6. The van der Waals surface area contributed by atoms with Crippen LogP contribution in [0.15, 0.2) is 54.6 Å². The lowest BCUT2D eigenvalue weighted by Gasteiger charge is -2.35. The van der Waals surface area contributed by atoms with Gasteiger partial charge in [-0.3, -0.25) is 9.59 Å². The second kappa shape index (κ2) is 11.2. The van der Waals surface area contributed by atoms with Gasteiger partial charge >= 0.3 is 6.09 Å². The van der Waals surface area contributed by atoms with Crippen molar-refractivity contribution in [1.82, 2.24) is 14.7 Å². The van der Waals surface area contributed by atoms with Crippen LogP contribution < -0.4 is 0 Å². The van der Waals surface area contributed by atoms with Crippen LogP contribution in [0, 0.1) is 0 Å². The molecular formula is C27H35N3O4. The number of ether oxygens (including phenoxy) is 1. The topological polar surface area (TPSA) is 70.2 Å². The molecule has 2 aromatic rings. The van der Waals surface area contributed by atoms with Crippen LogP contribution in [0.25, 0.3) is 0 Å². The Morgan fingerprint density at radius 3 is 2.00 bits per heavy atom. The average Bonchev–Trinajstić information content (AvgIpc) is 2.81. The maximum Gasteiger partial charge on any atom is 0.410 e. The maximum atomic E-state index is 12.9. The van der Waals surface area contributed by atoms with E-state index < -0.39 is 5.60 Å². The second-order valence-electron chi connectivity index (χ2n) is 9.63. The Morgan fingerprint density at radius 1 is 0.853 bits per heavy atom. The first kappa shape index (κ1) is 25.3. The molecule has 0 radical (unpaired) electrons. The van der Waals surface area contributed by atoms with E-state index in [1.807, 2.05) is 80.3 Å². The highest BCUT2D eigenvalue weighted by molar-refractivity contribution is 5.94. The van der Waals surface area contributed by atoms with Crippen LogP contribution in [0.1, 0.15) is 49.2 Å². The molecule has 0 unspecified atom stereocenters. The van der Waals surface area contributed by atoms with Gasteiger partial charge in [-0.25, -0.2) is 4.79 Å². The molecule has 1 saturated heterocycles. The Balaban J connectivity index is 1.50. The predicted molar refractivity (Wildman–Crippen MR) is 131 cm³/mol. The van der Waals surface area contributed by atoms with Crippen molar-refractivity contribution in [2.24, 2.45) is 0 Å². The quantitative estimate of drug-likeness (QED) is 0.647. The van der Waals surface area contributed by atoms with Gasteiger partial charge in [-0.15, -0.1) is 0 Å². The minimum absolute atomic E-state index is 0.0372. The molecule has 1 aliphatic heterocycles. The summed E-state index contributed by atoms with van der Waals surface area (Å²) in [6, 6.07) is 17.5. The zero-order chi connectivity index (χ0) is 24.7. The van der Waals surface area contributed by atoms with Crippen LogP contribution in [0.4, 0.5) is 4.79 Å². The summed E-state index contributed by atoms with van der Waals surface area (Å²) in [5.74, 6) is 0.00556. The van der Waals surface area contributed by atoms with Crippen LogP contribution in [0.5, 0.6) is 0 Å². The van der Waals surface area contributed by atoms with Crippen LogP contribution in [0.2, 0.25) is 0 Å². The number of rotatable bonds is 6. The fourth-order valence-electron chi connectivity index (χ4n) is 3.83. The van der Waals surface area contributed by atoms with Crippen molar-refractivity contribution in [1.29, 1.82) is 0 Å². The van der Waals surface area contributed by atoms with E-state index in [-0.39, 0.29) is 17.9 Å². The highest BCUT2D eigenvalue weighted by atomic mass is 16.6. The third kappa shape index (κ3) is 7.33. The normalized spacial score (nSPS) is 14.0. The van der Waals surface area contributed by atoms with Gasteiger partial charge in [0.2, 0.25) is 5.91 Å². The average molecular weight is 466 g/mol. The minimum atomic E-state index is -0.533. The summed E-state index contributed by atoms with van der Waals surface area (Å²) in [4.78, 5) is 42.5. The van der Waals surface area contributed by atoms with E-state index in [1.54, 1.807) is 16.7 Å². The molecule has 3 rings (SSSR count). The molecule has 0 bridgehead atoms. The Kier molecular flexibility index (Phi) is 8.31. The van der Waals surface area contributed by atoms with Gasteiger partial charge in [0.1, 0.15) is 5.60 Å². The molecule has 1 fully saturated rings. The number of carbonyl (C=O) groups is 3. The molecule has 2 aromatic carbocycles. The Hall–Kier alpha value is -3.35. The fraction of sp³-hybridized carbons (Fsp3) is 0.444. The number of hydrogen-bond acceptors (Lipinski definition) is 4. The molecule has 182 valence electrons. The summed E-state index contributed by atoms with van der Waals surface area (Å²) >= 11 is 0. The zero-order valence-electron chi connectivity index (χ0n) is 20.6. The first-order valence-corrected chi connectivity index (χ1v) is 11.8. The molecule has 1 aliphatic rings. The molecule has 34 heavy (non-hydrogen) atoms. The lowest BCUT2D eigenvalue weighted by Crippen LogP contribution is -2.51. The molecule has 3 amide bonds.